The second-order valence-electron chi connectivity index (χ2n) is 9.45. The van der Waals surface area contributed by atoms with Crippen molar-refractivity contribution in [3.8, 4) is 5.75 Å². The van der Waals surface area contributed by atoms with E-state index in [0.717, 1.165) is 22.3 Å². The average Bonchev–Trinajstić information content (AvgIpc) is 3.25. The van der Waals surface area contributed by atoms with Crippen LogP contribution < -0.4 is 15.4 Å². The maximum absolute atomic E-state index is 13.2. The van der Waals surface area contributed by atoms with Crippen LogP contribution in [0.1, 0.15) is 48.1 Å². The molecule has 3 aromatic carbocycles. The molecule has 1 heterocycles. The van der Waals surface area contributed by atoms with Gasteiger partial charge in [0.2, 0.25) is 5.91 Å². The number of fused-ring (bicyclic) bond motifs is 1. The molecule has 7 nitrogen and oxygen atoms in total. The molecule has 4 rings (SSSR count). The lowest BCUT2D eigenvalue weighted by molar-refractivity contribution is -0.121. The second-order valence-corrected chi connectivity index (χ2v) is 10.3. The highest BCUT2D eigenvalue weighted by molar-refractivity contribution is 6.36. The van der Waals surface area contributed by atoms with Crippen molar-refractivity contribution in [1.29, 1.82) is 0 Å². The first-order valence-corrected chi connectivity index (χ1v) is 13.1. The molecular formula is C29H30Cl2N4O3. The topological polar surface area (TPSA) is 85.2 Å². The standard InChI is InChI=1S/C29H30Cl2N4O3/c1-18(2)14-25(34-29(37)22-13-10-20(30)15-23(22)31)28-33-24-6-4-5-7-26(24)35(28)17-27(36)32-16-19-8-11-21(38-3)12-9-19/h4-13,15,18,25H,14,16-17H2,1-3H3,(H,32,36)(H,34,37). The summed E-state index contributed by atoms with van der Waals surface area (Å²) < 4.78 is 7.07. The number of hydrogen-bond acceptors (Lipinski definition) is 4. The molecule has 0 spiro atoms. The Bertz CT molecular complexity index is 1430. The SMILES string of the molecule is COc1ccc(CNC(=O)Cn2c(C(CC(C)C)NC(=O)c3ccc(Cl)cc3Cl)nc3ccccc32)cc1. The lowest BCUT2D eigenvalue weighted by Gasteiger charge is -2.22. The van der Waals surface area contributed by atoms with Crippen LogP contribution in [0, 0.1) is 5.92 Å². The van der Waals surface area contributed by atoms with Crippen LogP contribution in [0.25, 0.3) is 11.0 Å². The maximum Gasteiger partial charge on any atom is 0.253 e. The minimum absolute atomic E-state index is 0.0537. The van der Waals surface area contributed by atoms with Crippen LogP contribution in [0.2, 0.25) is 10.0 Å². The molecule has 2 amide bonds. The zero-order valence-corrected chi connectivity index (χ0v) is 23.0. The molecule has 0 fully saturated rings. The third-order valence-electron chi connectivity index (χ3n) is 6.13. The summed E-state index contributed by atoms with van der Waals surface area (Å²) in [5.74, 6) is 1.12. The predicted molar refractivity (Wildman–Crippen MR) is 151 cm³/mol. The molecule has 0 bridgehead atoms. The van der Waals surface area contributed by atoms with Crippen LogP contribution in [0.15, 0.2) is 66.7 Å². The minimum atomic E-state index is -0.448. The molecule has 4 aromatic rings. The van der Waals surface area contributed by atoms with Crippen LogP contribution >= 0.6 is 23.2 Å². The van der Waals surface area contributed by atoms with Gasteiger partial charge in [0, 0.05) is 11.6 Å². The van der Waals surface area contributed by atoms with Gasteiger partial charge >= 0.3 is 0 Å². The van der Waals surface area contributed by atoms with Crippen LogP contribution in [-0.4, -0.2) is 28.5 Å². The highest BCUT2D eigenvalue weighted by Gasteiger charge is 2.25. The van der Waals surface area contributed by atoms with Gasteiger partial charge in [-0.3, -0.25) is 9.59 Å². The summed E-state index contributed by atoms with van der Waals surface area (Å²) in [7, 11) is 1.61. The number of rotatable bonds is 10. The number of para-hydroxylation sites is 2. The van der Waals surface area contributed by atoms with Crippen molar-refractivity contribution in [2.24, 2.45) is 5.92 Å². The van der Waals surface area contributed by atoms with E-state index < -0.39 is 6.04 Å². The van der Waals surface area contributed by atoms with Gasteiger partial charge in [-0.05, 0) is 60.4 Å². The number of benzene rings is 3. The summed E-state index contributed by atoms with van der Waals surface area (Å²) >= 11 is 12.3. The Kier molecular flexibility index (Phi) is 8.92. The van der Waals surface area contributed by atoms with Gasteiger partial charge in [0.25, 0.3) is 5.91 Å². The molecule has 1 aromatic heterocycles. The number of nitrogens with zero attached hydrogens (tertiary/aromatic N) is 2. The molecule has 0 saturated heterocycles. The Morgan fingerprint density at radius 3 is 2.45 bits per heavy atom. The number of hydrogen-bond donors (Lipinski definition) is 2. The highest BCUT2D eigenvalue weighted by Crippen LogP contribution is 2.27. The van der Waals surface area contributed by atoms with E-state index in [1.807, 2.05) is 53.1 Å². The summed E-state index contributed by atoms with van der Waals surface area (Å²) in [5.41, 5.74) is 2.84. The van der Waals surface area contributed by atoms with Gasteiger partial charge < -0.3 is 19.9 Å². The van der Waals surface area contributed by atoms with Crippen molar-refractivity contribution >= 4 is 46.0 Å². The fourth-order valence-electron chi connectivity index (χ4n) is 4.28. The largest absolute Gasteiger partial charge is 0.497 e. The fourth-order valence-corrected chi connectivity index (χ4v) is 4.77. The smallest absolute Gasteiger partial charge is 0.253 e. The number of carbonyl (C=O) groups excluding carboxylic acids is 2. The first-order chi connectivity index (χ1) is 18.2. The van der Waals surface area contributed by atoms with E-state index in [1.54, 1.807) is 19.2 Å². The Balaban J connectivity index is 1.60. The third-order valence-corrected chi connectivity index (χ3v) is 6.68. The van der Waals surface area contributed by atoms with E-state index in [1.165, 1.54) is 6.07 Å². The van der Waals surface area contributed by atoms with Crippen LogP contribution in [0.4, 0.5) is 0 Å². The van der Waals surface area contributed by atoms with Gasteiger partial charge in [-0.2, -0.15) is 0 Å². The number of carbonyl (C=O) groups is 2. The van der Waals surface area contributed by atoms with Gasteiger partial charge in [-0.25, -0.2) is 4.98 Å². The molecule has 1 unspecified atom stereocenters. The molecule has 0 aliphatic rings. The first-order valence-electron chi connectivity index (χ1n) is 12.4. The molecule has 2 N–H and O–H groups in total. The summed E-state index contributed by atoms with van der Waals surface area (Å²) in [6.45, 7) is 4.58. The number of ether oxygens (including phenoxy) is 1. The van der Waals surface area contributed by atoms with Crippen molar-refractivity contribution in [2.45, 2.75) is 39.4 Å². The van der Waals surface area contributed by atoms with Crippen LogP contribution in [0.5, 0.6) is 5.75 Å². The van der Waals surface area contributed by atoms with Crippen molar-refractivity contribution in [2.75, 3.05) is 7.11 Å². The number of methoxy groups -OCH3 is 1. The summed E-state index contributed by atoms with van der Waals surface area (Å²) in [4.78, 5) is 31.1. The Morgan fingerprint density at radius 1 is 1.03 bits per heavy atom. The molecule has 1 atom stereocenters. The van der Waals surface area contributed by atoms with Gasteiger partial charge in [0.15, 0.2) is 0 Å². The van der Waals surface area contributed by atoms with Gasteiger partial charge in [0.1, 0.15) is 18.1 Å². The van der Waals surface area contributed by atoms with Gasteiger partial charge in [0.05, 0.1) is 34.8 Å². The molecule has 0 saturated carbocycles. The quantitative estimate of drug-likeness (QED) is 0.246. The summed E-state index contributed by atoms with van der Waals surface area (Å²) in [6, 6.07) is 19.5. The Hall–Kier alpha value is -3.55. The maximum atomic E-state index is 13.2. The minimum Gasteiger partial charge on any atom is -0.497 e. The van der Waals surface area contributed by atoms with Crippen molar-refractivity contribution in [1.82, 2.24) is 20.2 Å². The van der Waals surface area contributed by atoms with E-state index in [0.29, 0.717) is 29.4 Å². The van der Waals surface area contributed by atoms with E-state index >= 15 is 0 Å². The van der Waals surface area contributed by atoms with Crippen LogP contribution in [0.3, 0.4) is 0 Å². The normalized spacial score (nSPS) is 11.9. The van der Waals surface area contributed by atoms with E-state index in [2.05, 4.69) is 24.5 Å². The van der Waals surface area contributed by atoms with Gasteiger partial charge in [-0.1, -0.05) is 61.3 Å². The molecule has 0 radical (unpaired) electrons. The van der Waals surface area contributed by atoms with Crippen molar-refractivity contribution in [3.63, 3.8) is 0 Å². The Morgan fingerprint density at radius 2 is 1.76 bits per heavy atom. The number of halogens is 2. The molecule has 198 valence electrons. The number of amides is 2. The van der Waals surface area contributed by atoms with Gasteiger partial charge in [-0.15, -0.1) is 0 Å². The van der Waals surface area contributed by atoms with E-state index in [-0.39, 0.29) is 29.3 Å². The van der Waals surface area contributed by atoms with E-state index in [9.17, 15) is 9.59 Å². The third kappa shape index (κ3) is 6.65. The molecule has 38 heavy (non-hydrogen) atoms. The highest BCUT2D eigenvalue weighted by atomic mass is 35.5. The molecule has 9 heteroatoms. The first kappa shape index (κ1) is 27.5. The number of nitrogens with one attached hydrogen (secondary N) is 2. The zero-order chi connectivity index (χ0) is 27.2. The number of imidazole rings is 1. The summed E-state index contributed by atoms with van der Waals surface area (Å²) in [5, 5.41) is 6.79. The van der Waals surface area contributed by atoms with Crippen molar-refractivity contribution < 1.29 is 14.3 Å². The van der Waals surface area contributed by atoms with Crippen molar-refractivity contribution in [3.05, 3.63) is 93.7 Å². The number of aromatic nitrogens is 2. The lowest BCUT2D eigenvalue weighted by Crippen LogP contribution is -2.33. The molecular weight excluding hydrogens is 523 g/mol. The zero-order valence-electron chi connectivity index (χ0n) is 21.5. The van der Waals surface area contributed by atoms with E-state index in [4.69, 9.17) is 32.9 Å². The van der Waals surface area contributed by atoms with Crippen LogP contribution in [-0.2, 0) is 17.9 Å². The molecule has 0 aliphatic heterocycles. The lowest BCUT2D eigenvalue weighted by atomic mass is 10.0. The fraction of sp³-hybridized carbons (Fsp3) is 0.276. The Labute approximate surface area is 232 Å². The summed E-state index contributed by atoms with van der Waals surface area (Å²) in [6.07, 6.45) is 0.619. The second kappa shape index (κ2) is 12.3. The average molecular weight is 553 g/mol. The molecule has 0 aliphatic carbocycles. The monoisotopic (exact) mass is 552 g/mol. The predicted octanol–water partition coefficient (Wildman–Crippen LogP) is 6.19.